The van der Waals surface area contributed by atoms with E-state index in [4.69, 9.17) is 0 Å². The second-order valence-corrected chi connectivity index (χ2v) is 8.80. The number of likely N-dealkylation sites (tertiary alicyclic amines) is 1. The van der Waals surface area contributed by atoms with Crippen molar-refractivity contribution in [2.75, 3.05) is 19.3 Å². The third-order valence-corrected chi connectivity index (χ3v) is 6.00. The average molecular weight is 430 g/mol. The third-order valence-electron chi connectivity index (χ3n) is 4.96. The molecule has 0 aromatic heterocycles. The molecule has 1 N–H and O–H groups in total. The number of nitrogens with zero attached hydrogens (tertiary/aromatic N) is 1. The van der Waals surface area contributed by atoms with Gasteiger partial charge in [0, 0.05) is 17.4 Å². The zero-order valence-corrected chi connectivity index (χ0v) is 17.7. The van der Waals surface area contributed by atoms with Crippen LogP contribution in [-0.4, -0.2) is 42.3 Å². The molecule has 152 valence electrons. The highest BCUT2D eigenvalue weighted by Gasteiger charge is 2.53. The van der Waals surface area contributed by atoms with Crippen LogP contribution in [0.5, 0.6) is 0 Å². The summed E-state index contributed by atoms with van der Waals surface area (Å²) in [5.74, 6) is -3.19. The van der Waals surface area contributed by atoms with E-state index in [0.29, 0.717) is 22.2 Å². The molecule has 3 unspecified atom stereocenters. The van der Waals surface area contributed by atoms with Gasteiger partial charge in [-0.25, -0.2) is 17.6 Å². The van der Waals surface area contributed by atoms with Crippen LogP contribution in [0.3, 0.4) is 0 Å². The maximum absolute atomic E-state index is 15.2. The normalized spacial score (nSPS) is 22.0. The minimum absolute atomic E-state index is 0.136. The summed E-state index contributed by atoms with van der Waals surface area (Å²) in [4.78, 5) is 1.57. The first kappa shape index (κ1) is 21.6. The zero-order valence-electron chi connectivity index (χ0n) is 15.7. The van der Waals surface area contributed by atoms with Gasteiger partial charge in [0.1, 0.15) is 11.6 Å². The van der Waals surface area contributed by atoms with Crippen molar-refractivity contribution in [3.8, 4) is 11.1 Å². The van der Waals surface area contributed by atoms with Crippen LogP contribution in [0, 0.1) is 11.6 Å². The quantitative estimate of drug-likeness (QED) is 0.419. The standard InChI is InChI=1S/C20H23F4N2PS/c1-3-28-25-19-17(26(2)11-20(19,23)24)9-12-5-4-6-16(18(12)22)13-7-14(21)10-15(27)8-13/h4-8,10,17,19,25H,3,9,11,27H2,1-2H3. The molecule has 0 radical (unpaired) electrons. The lowest BCUT2D eigenvalue weighted by molar-refractivity contribution is -0.00425. The predicted octanol–water partition coefficient (Wildman–Crippen LogP) is 4.25. The summed E-state index contributed by atoms with van der Waals surface area (Å²) in [5, 5.41) is 0.607. The maximum Gasteiger partial charge on any atom is 0.277 e. The van der Waals surface area contributed by atoms with Crippen LogP contribution in [0.1, 0.15) is 12.5 Å². The molecule has 3 rings (SSSR count). The first-order valence-electron chi connectivity index (χ1n) is 9.02. The molecule has 8 heteroatoms. The van der Waals surface area contributed by atoms with Gasteiger partial charge >= 0.3 is 0 Å². The van der Waals surface area contributed by atoms with Crippen LogP contribution in [-0.2, 0) is 6.42 Å². The first-order valence-corrected chi connectivity index (χ1v) is 10.6. The molecule has 2 nitrogen and oxygen atoms in total. The topological polar surface area (TPSA) is 15.3 Å². The van der Waals surface area contributed by atoms with Gasteiger partial charge in [-0.1, -0.05) is 37.1 Å². The Balaban J connectivity index is 1.92. The van der Waals surface area contributed by atoms with Crippen molar-refractivity contribution in [3.63, 3.8) is 0 Å². The Kier molecular flexibility index (Phi) is 6.70. The van der Waals surface area contributed by atoms with Gasteiger partial charge in [0.05, 0.1) is 12.6 Å². The van der Waals surface area contributed by atoms with Gasteiger partial charge in [-0.05, 0) is 48.1 Å². The van der Waals surface area contributed by atoms with Crippen molar-refractivity contribution in [2.45, 2.75) is 31.4 Å². The minimum atomic E-state index is -2.90. The van der Waals surface area contributed by atoms with Gasteiger partial charge in [0.25, 0.3) is 5.92 Å². The fourth-order valence-electron chi connectivity index (χ4n) is 3.65. The monoisotopic (exact) mass is 430 g/mol. The SMILES string of the molecule is CCSNC1C(Cc2cccc(-c3cc(F)cc(P)c3)c2F)N(C)CC1(F)F. The highest BCUT2D eigenvalue weighted by Crippen LogP contribution is 2.35. The molecule has 0 bridgehead atoms. The summed E-state index contributed by atoms with van der Waals surface area (Å²) in [6.07, 6.45) is 0.136. The summed E-state index contributed by atoms with van der Waals surface area (Å²) in [6.45, 7) is 1.51. The fourth-order valence-corrected chi connectivity index (χ4v) is 4.66. The maximum atomic E-state index is 15.2. The number of hydrogen-bond donors (Lipinski definition) is 1. The van der Waals surface area contributed by atoms with E-state index in [0.717, 1.165) is 0 Å². The lowest BCUT2D eigenvalue weighted by Crippen LogP contribution is -2.46. The number of benzene rings is 2. The number of alkyl halides is 2. The lowest BCUT2D eigenvalue weighted by Gasteiger charge is -2.26. The highest BCUT2D eigenvalue weighted by atomic mass is 32.2. The summed E-state index contributed by atoms with van der Waals surface area (Å²) in [6, 6.07) is 7.52. The Morgan fingerprint density at radius 2 is 2.00 bits per heavy atom. The van der Waals surface area contributed by atoms with Crippen molar-refractivity contribution in [1.29, 1.82) is 0 Å². The Morgan fingerprint density at radius 1 is 1.25 bits per heavy atom. The van der Waals surface area contributed by atoms with E-state index in [9.17, 15) is 13.2 Å². The van der Waals surface area contributed by atoms with Crippen LogP contribution >= 0.6 is 21.2 Å². The fraction of sp³-hybridized carbons (Fsp3) is 0.400. The molecule has 1 aliphatic rings. The van der Waals surface area contributed by atoms with Crippen molar-refractivity contribution in [3.05, 3.63) is 53.6 Å². The van der Waals surface area contributed by atoms with E-state index in [-0.39, 0.29) is 18.5 Å². The van der Waals surface area contributed by atoms with Crippen molar-refractivity contribution >= 4 is 26.5 Å². The van der Waals surface area contributed by atoms with Gasteiger partial charge < -0.3 is 0 Å². The lowest BCUT2D eigenvalue weighted by atomic mass is 9.95. The van der Waals surface area contributed by atoms with E-state index in [2.05, 4.69) is 14.0 Å². The molecular formula is C20H23F4N2PS. The predicted molar refractivity (Wildman–Crippen MR) is 111 cm³/mol. The Labute approximate surface area is 169 Å². The number of nitrogens with one attached hydrogen (secondary N) is 1. The summed E-state index contributed by atoms with van der Waals surface area (Å²) in [7, 11) is 4.03. The molecule has 2 aromatic carbocycles. The molecule has 3 atom stereocenters. The molecule has 1 heterocycles. The van der Waals surface area contributed by atoms with Crippen molar-refractivity contribution < 1.29 is 17.6 Å². The van der Waals surface area contributed by atoms with E-state index in [1.54, 1.807) is 36.2 Å². The molecule has 1 aliphatic heterocycles. The van der Waals surface area contributed by atoms with E-state index >= 15 is 4.39 Å². The molecular weight excluding hydrogens is 407 g/mol. The smallest absolute Gasteiger partial charge is 0.277 e. The van der Waals surface area contributed by atoms with Gasteiger partial charge in [0.15, 0.2) is 0 Å². The molecule has 0 spiro atoms. The molecule has 28 heavy (non-hydrogen) atoms. The van der Waals surface area contributed by atoms with Crippen LogP contribution in [0.4, 0.5) is 17.6 Å². The van der Waals surface area contributed by atoms with E-state index in [1.807, 2.05) is 6.92 Å². The molecule has 1 fully saturated rings. The second kappa shape index (κ2) is 8.70. The summed E-state index contributed by atoms with van der Waals surface area (Å²) >= 11 is 1.24. The third kappa shape index (κ3) is 4.54. The van der Waals surface area contributed by atoms with Crippen molar-refractivity contribution in [1.82, 2.24) is 9.62 Å². The van der Waals surface area contributed by atoms with Crippen LogP contribution in [0.15, 0.2) is 36.4 Å². The largest absolute Gasteiger partial charge is 0.295 e. The summed E-state index contributed by atoms with van der Waals surface area (Å²) < 4.78 is 60.6. The molecule has 2 aromatic rings. The summed E-state index contributed by atoms with van der Waals surface area (Å²) in [5.41, 5.74) is 1.03. The van der Waals surface area contributed by atoms with Crippen LogP contribution in [0.2, 0.25) is 0 Å². The number of likely N-dealkylation sites (N-methyl/N-ethyl adjacent to an activating group) is 1. The Hall–Kier alpha value is -1.14. The Bertz CT molecular complexity index is 829. The average Bonchev–Trinajstić information content (AvgIpc) is 2.82. The minimum Gasteiger partial charge on any atom is -0.295 e. The number of halogens is 4. The van der Waals surface area contributed by atoms with Crippen LogP contribution in [0.25, 0.3) is 11.1 Å². The number of rotatable bonds is 6. The first-order chi connectivity index (χ1) is 13.2. The molecule has 1 saturated heterocycles. The second-order valence-electron chi connectivity index (χ2n) is 7.03. The van der Waals surface area contributed by atoms with Gasteiger partial charge in [-0.3, -0.25) is 9.62 Å². The van der Waals surface area contributed by atoms with Gasteiger partial charge in [-0.15, -0.1) is 9.24 Å². The van der Waals surface area contributed by atoms with E-state index < -0.39 is 29.6 Å². The molecule has 0 amide bonds. The molecule has 0 aliphatic carbocycles. The molecule has 0 saturated carbocycles. The van der Waals surface area contributed by atoms with Gasteiger partial charge in [0.2, 0.25) is 0 Å². The van der Waals surface area contributed by atoms with Crippen LogP contribution < -0.4 is 10.0 Å². The van der Waals surface area contributed by atoms with E-state index in [1.165, 1.54) is 24.1 Å². The van der Waals surface area contributed by atoms with Gasteiger partial charge in [-0.2, -0.15) is 0 Å². The highest BCUT2D eigenvalue weighted by molar-refractivity contribution is 7.97. The number of hydrogen-bond acceptors (Lipinski definition) is 3. The zero-order chi connectivity index (χ0) is 20.5. The Morgan fingerprint density at radius 3 is 2.68 bits per heavy atom. The van der Waals surface area contributed by atoms with Crippen molar-refractivity contribution in [2.24, 2.45) is 0 Å².